The number of nitrogens with zero attached hydrogens (tertiary/aromatic N) is 1. The van der Waals surface area contributed by atoms with Crippen LogP contribution in [0.4, 0.5) is 5.95 Å². The van der Waals surface area contributed by atoms with Gasteiger partial charge in [0.25, 0.3) is 0 Å². The minimum atomic E-state index is 0.396. The molecule has 0 aliphatic rings. The summed E-state index contributed by atoms with van der Waals surface area (Å²) in [5, 5.41) is 0. The molecule has 0 bridgehead atoms. The largest absolute Gasteiger partial charge is 0.489 e. The van der Waals surface area contributed by atoms with Crippen LogP contribution in [0.15, 0.2) is 18.2 Å². The molecule has 0 saturated heterocycles. The fourth-order valence-electron chi connectivity index (χ4n) is 1.38. The topological polar surface area (TPSA) is 73.2 Å². The highest BCUT2D eigenvalue weighted by atomic mass is 16.5. The summed E-state index contributed by atoms with van der Waals surface area (Å²) in [5.74, 6) is 1.12. The van der Waals surface area contributed by atoms with E-state index in [9.17, 15) is 0 Å². The quantitative estimate of drug-likeness (QED) is 0.738. The zero-order chi connectivity index (χ0) is 10.7. The Bertz CT molecular complexity index is 453. The summed E-state index contributed by atoms with van der Waals surface area (Å²) in [4.78, 5) is 7.09. The average Bonchev–Trinajstić information content (AvgIpc) is 2.59. The van der Waals surface area contributed by atoms with Gasteiger partial charge < -0.3 is 20.2 Å². The third-order valence-electron chi connectivity index (χ3n) is 2.04. The third kappa shape index (κ3) is 2.02. The Hall–Kier alpha value is -1.75. The Balaban J connectivity index is 2.25. The van der Waals surface area contributed by atoms with Gasteiger partial charge in [-0.15, -0.1) is 0 Å². The molecule has 5 nitrogen and oxygen atoms in total. The number of hydrogen-bond donors (Lipinski definition) is 2. The summed E-state index contributed by atoms with van der Waals surface area (Å²) in [7, 11) is 1.64. The number of aromatic nitrogens is 2. The number of H-pyrrole nitrogens is 1. The number of nitrogens with one attached hydrogen (secondary N) is 1. The predicted octanol–water partition coefficient (Wildman–Crippen LogP) is 1.17. The first-order chi connectivity index (χ1) is 7.31. The molecule has 3 N–H and O–H groups in total. The van der Waals surface area contributed by atoms with Crippen LogP contribution in [0.1, 0.15) is 0 Å². The van der Waals surface area contributed by atoms with E-state index < -0.39 is 0 Å². The Morgan fingerprint density at radius 1 is 1.40 bits per heavy atom. The van der Waals surface area contributed by atoms with Gasteiger partial charge in [0.05, 0.1) is 12.1 Å². The van der Waals surface area contributed by atoms with E-state index in [4.69, 9.17) is 15.2 Å². The van der Waals surface area contributed by atoms with Crippen molar-refractivity contribution in [1.29, 1.82) is 0 Å². The maximum atomic E-state index is 5.57. The zero-order valence-electron chi connectivity index (χ0n) is 8.49. The molecule has 0 aliphatic heterocycles. The highest BCUT2D eigenvalue weighted by Gasteiger charge is 2.05. The van der Waals surface area contributed by atoms with Crippen molar-refractivity contribution in [1.82, 2.24) is 9.97 Å². The normalized spacial score (nSPS) is 10.7. The summed E-state index contributed by atoms with van der Waals surface area (Å²) in [6, 6.07) is 5.65. The van der Waals surface area contributed by atoms with Gasteiger partial charge in [-0.1, -0.05) is 6.07 Å². The van der Waals surface area contributed by atoms with Crippen LogP contribution in [0.25, 0.3) is 11.0 Å². The monoisotopic (exact) mass is 207 g/mol. The summed E-state index contributed by atoms with van der Waals surface area (Å²) in [6.07, 6.45) is 0. The number of rotatable bonds is 4. The number of hydrogen-bond acceptors (Lipinski definition) is 4. The number of benzene rings is 1. The number of imidazole rings is 1. The molecule has 0 amide bonds. The number of aromatic amines is 1. The van der Waals surface area contributed by atoms with Crippen molar-refractivity contribution in [2.75, 3.05) is 26.1 Å². The van der Waals surface area contributed by atoms with E-state index in [1.54, 1.807) is 7.11 Å². The van der Waals surface area contributed by atoms with Crippen molar-refractivity contribution < 1.29 is 9.47 Å². The lowest BCUT2D eigenvalue weighted by Gasteiger charge is -2.05. The van der Waals surface area contributed by atoms with Gasteiger partial charge in [-0.2, -0.15) is 0 Å². The fourth-order valence-corrected chi connectivity index (χ4v) is 1.38. The molecule has 0 atom stereocenters. The zero-order valence-corrected chi connectivity index (χ0v) is 8.49. The molecule has 0 radical (unpaired) electrons. The number of anilines is 1. The van der Waals surface area contributed by atoms with E-state index in [0.29, 0.717) is 19.2 Å². The third-order valence-corrected chi connectivity index (χ3v) is 2.04. The van der Waals surface area contributed by atoms with Crippen molar-refractivity contribution in [3.8, 4) is 5.75 Å². The SMILES string of the molecule is COCCOc1cccc2[nH]c(N)nc12. The van der Waals surface area contributed by atoms with Gasteiger partial charge in [-0.3, -0.25) is 0 Å². The second-order valence-corrected chi connectivity index (χ2v) is 3.12. The minimum absolute atomic E-state index is 0.396. The van der Waals surface area contributed by atoms with Crippen LogP contribution >= 0.6 is 0 Å². The summed E-state index contributed by atoms with van der Waals surface area (Å²) < 4.78 is 10.4. The lowest BCUT2D eigenvalue weighted by Crippen LogP contribution is -2.04. The lowest BCUT2D eigenvalue weighted by atomic mass is 10.3. The molecular formula is C10H13N3O2. The number of nitrogens with two attached hydrogens (primary N) is 1. The van der Waals surface area contributed by atoms with Crippen LogP contribution in [-0.4, -0.2) is 30.3 Å². The van der Waals surface area contributed by atoms with Gasteiger partial charge in [-0.05, 0) is 12.1 Å². The number of nitrogen functional groups attached to an aromatic ring is 1. The summed E-state index contributed by atoms with van der Waals surface area (Å²) in [6.45, 7) is 1.05. The van der Waals surface area contributed by atoms with Crippen LogP contribution in [0.3, 0.4) is 0 Å². The number of methoxy groups -OCH3 is 1. The van der Waals surface area contributed by atoms with E-state index in [-0.39, 0.29) is 0 Å². The minimum Gasteiger partial charge on any atom is -0.489 e. The molecule has 80 valence electrons. The van der Waals surface area contributed by atoms with Crippen LogP contribution in [0.5, 0.6) is 5.75 Å². The molecule has 5 heteroatoms. The Labute approximate surface area is 87.2 Å². The second kappa shape index (κ2) is 4.18. The number of ether oxygens (including phenoxy) is 2. The Morgan fingerprint density at radius 3 is 3.07 bits per heavy atom. The molecule has 0 saturated carbocycles. The highest BCUT2D eigenvalue weighted by molar-refractivity contribution is 5.83. The van der Waals surface area contributed by atoms with Crippen LogP contribution in [-0.2, 0) is 4.74 Å². The van der Waals surface area contributed by atoms with Crippen molar-refractivity contribution in [3.63, 3.8) is 0 Å². The van der Waals surface area contributed by atoms with Crippen molar-refractivity contribution in [2.45, 2.75) is 0 Å². The molecule has 0 aliphatic carbocycles. The molecule has 1 heterocycles. The van der Waals surface area contributed by atoms with E-state index >= 15 is 0 Å². The standard InChI is InChI=1S/C10H13N3O2/c1-14-5-6-15-8-4-2-3-7-9(8)13-10(11)12-7/h2-4H,5-6H2,1H3,(H3,11,12,13). The molecule has 1 aromatic heterocycles. The molecule has 2 rings (SSSR count). The van der Waals surface area contributed by atoms with Gasteiger partial charge >= 0.3 is 0 Å². The van der Waals surface area contributed by atoms with Gasteiger partial charge in [0.1, 0.15) is 17.9 Å². The van der Waals surface area contributed by atoms with Crippen LogP contribution in [0.2, 0.25) is 0 Å². The molecule has 2 aromatic rings. The van der Waals surface area contributed by atoms with E-state index in [1.165, 1.54) is 0 Å². The summed E-state index contributed by atoms with van der Waals surface area (Å²) in [5.41, 5.74) is 7.20. The molecule has 0 spiro atoms. The van der Waals surface area contributed by atoms with E-state index in [0.717, 1.165) is 16.8 Å². The smallest absolute Gasteiger partial charge is 0.198 e. The van der Waals surface area contributed by atoms with Crippen molar-refractivity contribution in [3.05, 3.63) is 18.2 Å². The first-order valence-corrected chi connectivity index (χ1v) is 4.67. The van der Waals surface area contributed by atoms with E-state index in [1.807, 2.05) is 18.2 Å². The number of para-hydroxylation sites is 1. The van der Waals surface area contributed by atoms with Crippen molar-refractivity contribution >= 4 is 17.0 Å². The van der Waals surface area contributed by atoms with Gasteiger partial charge in [0.2, 0.25) is 0 Å². The Kier molecular flexibility index (Phi) is 2.73. The maximum absolute atomic E-state index is 5.57. The van der Waals surface area contributed by atoms with Crippen LogP contribution in [0, 0.1) is 0 Å². The van der Waals surface area contributed by atoms with Gasteiger partial charge in [-0.25, -0.2) is 4.98 Å². The predicted molar refractivity (Wildman–Crippen MR) is 57.9 cm³/mol. The average molecular weight is 207 g/mol. The molecule has 15 heavy (non-hydrogen) atoms. The lowest BCUT2D eigenvalue weighted by molar-refractivity contribution is 0.147. The first-order valence-electron chi connectivity index (χ1n) is 4.67. The number of fused-ring (bicyclic) bond motifs is 1. The molecule has 0 unspecified atom stereocenters. The molecule has 0 fully saturated rings. The van der Waals surface area contributed by atoms with Gasteiger partial charge in [0, 0.05) is 7.11 Å². The highest BCUT2D eigenvalue weighted by Crippen LogP contribution is 2.23. The van der Waals surface area contributed by atoms with E-state index in [2.05, 4.69) is 9.97 Å². The van der Waals surface area contributed by atoms with Crippen molar-refractivity contribution in [2.24, 2.45) is 0 Å². The molecular weight excluding hydrogens is 194 g/mol. The summed E-state index contributed by atoms with van der Waals surface area (Å²) >= 11 is 0. The van der Waals surface area contributed by atoms with Gasteiger partial charge in [0.15, 0.2) is 5.95 Å². The Morgan fingerprint density at radius 2 is 2.27 bits per heavy atom. The second-order valence-electron chi connectivity index (χ2n) is 3.12. The fraction of sp³-hybridized carbons (Fsp3) is 0.300. The maximum Gasteiger partial charge on any atom is 0.198 e. The first kappa shape index (κ1) is 9.79. The van der Waals surface area contributed by atoms with Crippen LogP contribution < -0.4 is 10.5 Å². The molecule has 1 aromatic carbocycles.